The fourth-order valence-corrected chi connectivity index (χ4v) is 2.81. The van der Waals surface area contributed by atoms with Crippen molar-refractivity contribution in [3.63, 3.8) is 0 Å². The van der Waals surface area contributed by atoms with Crippen molar-refractivity contribution in [2.75, 3.05) is 18.1 Å². The molecule has 0 aliphatic heterocycles. The number of aryl methyl sites for hydroxylation is 1. The molecule has 0 amide bonds. The van der Waals surface area contributed by atoms with Gasteiger partial charge in [0.25, 0.3) is 0 Å². The maximum Gasteiger partial charge on any atom is 0.222 e. The maximum atomic E-state index is 5.94. The predicted octanol–water partition coefficient (Wildman–Crippen LogP) is 4.40. The Kier molecular flexibility index (Phi) is 5.71. The Morgan fingerprint density at radius 2 is 1.69 bits per heavy atom. The first-order chi connectivity index (χ1) is 12.5. The van der Waals surface area contributed by atoms with E-state index in [2.05, 4.69) is 27.1 Å². The van der Waals surface area contributed by atoms with Crippen LogP contribution in [0.4, 0.5) is 17.5 Å². The van der Waals surface area contributed by atoms with E-state index in [1.165, 1.54) is 11.1 Å². The molecule has 0 atom stereocenters. The van der Waals surface area contributed by atoms with E-state index in [1.54, 1.807) is 0 Å². The second-order valence-electron chi connectivity index (χ2n) is 6.39. The topological polar surface area (TPSA) is 67.1 Å². The quantitative estimate of drug-likeness (QED) is 0.676. The maximum absolute atomic E-state index is 5.94. The predicted molar refractivity (Wildman–Crippen MR) is 108 cm³/mol. The molecule has 0 radical (unpaired) electrons. The van der Waals surface area contributed by atoms with Gasteiger partial charge in [-0.05, 0) is 43.8 Å². The largest absolute Gasteiger partial charge is 0.368 e. The van der Waals surface area contributed by atoms with Crippen LogP contribution >= 0.6 is 11.6 Å². The minimum absolute atomic E-state index is 0.261. The summed E-state index contributed by atoms with van der Waals surface area (Å²) < 4.78 is 0. The van der Waals surface area contributed by atoms with Crippen LogP contribution in [0.1, 0.15) is 16.8 Å². The summed E-state index contributed by atoms with van der Waals surface area (Å²) in [5, 5.41) is 4.02. The summed E-state index contributed by atoms with van der Waals surface area (Å²) in [4.78, 5) is 10.8. The number of nitrogens with one attached hydrogen (secondary N) is 1. The molecule has 0 spiro atoms. The zero-order valence-corrected chi connectivity index (χ0v) is 15.7. The summed E-state index contributed by atoms with van der Waals surface area (Å²) in [6.45, 7) is 3.51. The summed E-state index contributed by atoms with van der Waals surface area (Å²) in [6, 6.07) is 17.9. The minimum Gasteiger partial charge on any atom is -0.368 e. The molecule has 26 heavy (non-hydrogen) atoms. The van der Waals surface area contributed by atoms with Gasteiger partial charge in [-0.25, -0.2) is 4.98 Å². The molecule has 0 aliphatic carbocycles. The van der Waals surface area contributed by atoms with Gasteiger partial charge in [0.05, 0.1) is 5.69 Å². The molecule has 0 fully saturated rings. The van der Waals surface area contributed by atoms with Gasteiger partial charge in [0.1, 0.15) is 5.82 Å². The number of halogens is 1. The van der Waals surface area contributed by atoms with E-state index in [0.717, 1.165) is 22.9 Å². The number of nitrogens with two attached hydrogens (primary N) is 1. The van der Waals surface area contributed by atoms with Crippen molar-refractivity contribution in [1.82, 2.24) is 14.9 Å². The van der Waals surface area contributed by atoms with E-state index in [0.29, 0.717) is 12.4 Å². The van der Waals surface area contributed by atoms with Crippen molar-refractivity contribution in [3.05, 3.63) is 76.4 Å². The molecule has 2 aromatic carbocycles. The lowest BCUT2D eigenvalue weighted by molar-refractivity contribution is 0.315. The number of anilines is 3. The molecule has 0 saturated carbocycles. The highest BCUT2D eigenvalue weighted by molar-refractivity contribution is 6.30. The zero-order valence-electron chi connectivity index (χ0n) is 14.9. The Labute approximate surface area is 158 Å². The molecule has 5 nitrogen and oxygen atoms in total. The van der Waals surface area contributed by atoms with E-state index in [4.69, 9.17) is 17.3 Å². The number of rotatable bonds is 6. The summed E-state index contributed by atoms with van der Waals surface area (Å²) >= 11 is 5.94. The second-order valence-corrected chi connectivity index (χ2v) is 6.83. The summed E-state index contributed by atoms with van der Waals surface area (Å²) in [6.07, 6.45) is 0. The van der Waals surface area contributed by atoms with Crippen molar-refractivity contribution < 1.29 is 0 Å². The third-order valence-corrected chi connectivity index (χ3v) is 4.17. The molecule has 0 saturated heterocycles. The molecule has 3 rings (SSSR count). The number of hydrogen-bond acceptors (Lipinski definition) is 5. The Hall–Kier alpha value is -2.63. The molecule has 3 N–H and O–H groups in total. The zero-order chi connectivity index (χ0) is 18.5. The standard InChI is InChI=1S/C20H22ClN5/c1-14-3-9-17(10-4-14)23-19-11-18(24-20(22)25-19)13-26(2)12-15-5-7-16(21)8-6-15/h3-11H,12-13H2,1-2H3,(H3,22,23,24,25). The van der Waals surface area contributed by atoms with Gasteiger partial charge in [0, 0.05) is 29.9 Å². The molecule has 134 valence electrons. The van der Waals surface area contributed by atoms with Gasteiger partial charge in [0.2, 0.25) is 5.95 Å². The molecule has 0 bridgehead atoms. The van der Waals surface area contributed by atoms with E-state index in [9.17, 15) is 0 Å². The third-order valence-electron chi connectivity index (χ3n) is 3.92. The van der Waals surface area contributed by atoms with Gasteiger partial charge in [-0.3, -0.25) is 4.90 Å². The van der Waals surface area contributed by atoms with Crippen LogP contribution < -0.4 is 11.1 Å². The first-order valence-electron chi connectivity index (χ1n) is 8.38. The lowest BCUT2D eigenvalue weighted by Crippen LogP contribution is -2.18. The summed E-state index contributed by atoms with van der Waals surface area (Å²) in [5.74, 6) is 0.952. The molecule has 0 aliphatic rings. The molecule has 0 unspecified atom stereocenters. The van der Waals surface area contributed by atoms with Crippen molar-refractivity contribution in [3.8, 4) is 0 Å². The van der Waals surface area contributed by atoms with Crippen molar-refractivity contribution in [2.24, 2.45) is 0 Å². The lowest BCUT2D eigenvalue weighted by atomic mass is 10.2. The van der Waals surface area contributed by atoms with Gasteiger partial charge in [-0.2, -0.15) is 4.98 Å². The van der Waals surface area contributed by atoms with Gasteiger partial charge >= 0.3 is 0 Å². The molecular formula is C20H22ClN5. The first kappa shape index (κ1) is 18.2. The SMILES string of the molecule is Cc1ccc(Nc2cc(CN(C)Cc3ccc(Cl)cc3)nc(N)n2)cc1. The normalized spacial score (nSPS) is 10.9. The monoisotopic (exact) mass is 367 g/mol. The summed E-state index contributed by atoms with van der Waals surface area (Å²) in [5.41, 5.74) is 10.1. The van der Waals surface area contributed by atoms with Gasteiger partial charge in [0.15, 0.2) is 0 Å². The van der Waals surface area contributed by atoms with Crippen LogP contribution in [0.2, 0.25) is 5.02 Å². The average Bonchev–Trinajstić information content (AvgIpc) is 2.58. The first-order valence-corrected chi connectivity index (χ1v) is 8.76. The Morgan fingerprint density at radius 3 is 2.38 bits per heavy atom. The van der Waals surface area contributed by atoms with Crippen LogP contribution in [0.5, 0.6) is 0 Å². The number of benzene rings is 2. The van der Waals surface area contributed by atoms with Crippen molar-refractivity contribution >= 4 is 29.1 Å². The number of hydrogen-bond donors (Lipinski definition) is 2. The average molecular weight is 368 g/mol. The van der Waals surface area contributed by atoms with E-state index >= 15 is 0 Å². The molecule has 6 heteroatoms. The van der Waals surface area contributed by atoms with E-state index < -0.39 is 0 Å². The number of aromatic nitrogens is 2. The lowest BCUT2D eigenvalue weighted by Gasteiger charge is -2.17. The van der Waals surface area contributed by atoms with Crippen LogP contribution in [0.25, 0.3) is 0 Å². The van der Waals surface area contributed by atoms with Crippen LogP contribution in [0.15, 0.2) is 54.6 Å². The molecule has 1 aromatic heterocycles. The Balaban J connectivity index is 1.68. The molecular weight excluding hydrogens is 346 g/mol. The Bertz CT molecular complexity index is 862. The van der Waals surface area contributed by atoms with Crippen molar-refractivity contribution in [1.29, 1.82) is 0 Å². The van der Waals surface area contributed by atoms with Gasteiger partial charge in [-0.15, -0.1) is 0 Å². The number of nitrogen functional groups attached to an aromatic ring is 1. The van der Waals surface area contributed by atoms with Gasteiger partial charge < -0.3 is 11.1 Å². The number of nitrogens with zero attached hydrogens (tertiary/aromatic N) is 3. The van der Waals surface area contributed by atoms with Crippen LogP contribution in [0, 0.1) is 6.92 Å². The molecule has 3 aromatic rings. The van der Waals surface area contributed by atoms with Crippen LogP contribution in [0.3, 0.4) is 0 Å². The fourth-order valence-electron chi connectivity index (χ4n) is 2.68. The van der Waals surface area contributed by atoms with Crippen LogP contribution in [-0.2, 0) is 13.1 Å². The van der Waals surface area contributed by atoms with Crippen molar-refractivity contribution in [2.45, 2.75) is 20.0 Å². The van der Waals surface area contributed by atoms with Crippen LogP contribution in [-0.4, -0.2) is 21.9 Å². The Morgan fingerprint density at radius 1 is 1.00 bits per heavy atom. The molecule has 1 heterocycles. The highest BCUT2D eigenvalue weighted by Gasteiger charge is 2.07. The highest BCUT2D eigenvalue weighted by Crippen LogP contribution is 2.18. The van der Waals surface area contributed by atoms with E-state index in [1.807, 2.05) is 61.6 Å². The fraction of sp³-hybridized carbons (Fsp3) is 0.200. The summed E-state index contributed by atoms with van der Waals surface area (Å²) in [7, 11) is 2.04. The van der Waals surface area contributed by atoms with E-state index in [-0.39, 0.29) is 5.95 Å². The minimum atomic E-state index is 0.261. The smallest absolute Gasteiger partial charge is 0.222 e. The van der Waals surface area contributed by atoms with Gasteiger partial charge in [-0.1, -0.05) is 41.4 Å². The second kappa shape index (κ2) is 8.17. The highest BCUT2D eigenvalue weighted by atomic mass is 35.5. The third kappa shape index (κ3) is 5.18.